The number of nitrogens with zero attached hydrogens (tertiary/aromatic N) is 3. The number of aromatic nitrogens is 2. The Kier molecular flexibility index (Phi) is 3.97. The van der Waals surface area contributed by atoms with Gasteiger partial charge in [-0.2, -0.15) is 4.31 Å². The number of hydrogen-bond donors (Lipinski definition) is 1. The summed E-state index contributed by atoms with van der Waals surface area (Å²) in [5.74, 6) is -0.684. The first-order chi connectivity index (χ1) is 9.37. The molecule has 0 amide bonds. The van der Waals surface area contributed by atoms with Crippen LogP contribution in [0.5, 0.6) is 0 Å². The van der Waals surface area contributed by atoms with Gasteiger partial charge in [-0.1, -0.05) is 0 Å². The molecule has 9 nitrogen and oxygen atoms in total. The van der Waals surface area contributed by atoms with Crippen molar-refractivity contribution in [2.45, 2.75) is 11.1 Å². The molecule has 2 heterocycles. The average Bonchev–Trinajstić information content (AvgIpc) is 2.78. The van der Waals surface area contributed by atoms with Crippen LogP contribution in [0.2, 0.25) is 0 Å². The Hall–Kier alpha value is -1.65. The van der Waals surface area contributed by atoms with Crippen LogP contribution < -0.4 is 5.73 Å². The van der Waals surface area contributed by atoms with Crippen LogP contribution in [-0.4, -0.2) is 61.2 Å². The molecule has 0 saturated carbocycles. The number of sulfonamides is 1. The van der Waals surface area contributed by atoms with Gasteiger partial charge in [0.25, 0.3) is 10.0 Å². The zero-order valence-electron chi connectivity index (χ0n) is 11.1. The molecular weight excluding hydrogens is 288 g/mol. The number of anilines is 1. The van der Waals surface area contributed by atoms with E-state index in [9.17, 15) is 13.2 Å². The topological polar surface area (TPSA) is 117 Å². The fourth-order valence-corrected chi connectivity index (χ4v) is 3.61. The summed E-state index contributed by atoms with van der Waals surface area (Å²) in [6.07, 6.45) is 0.387. The fraction of sp³-hybridized carbons (Fsp3) is 0.600. The predicted molar refractivity (Wildman–Crippen MR) is 68.1 cm³/mol. The van der Waals surface area contributed by atoms with E-state index in [1.807, 2.05) is 0 Å². The smallest absolute Gasteiger partial charge is 0.336 e. The van der Waals surface area contributed by atoms with E-state index in [4.69, 9.17) is 10.5 Å². The number of methoxy groups -OCH3 is 1. The van der Waals surface area contributed by atoms with E-state index in [0.717, 1.165) is 4.31 Å². The number of morpholine rings is 1. The molecule has 1 fully saturated rings. The van der Waals surface area contributed by atoms with Gasteiger partial charge >= 0.3 is 5.97 Å². The summed E-state index contributed by atoms with van der Waals surface area (Å²) in [4.78, 5) is 15.2. The lowest BCUT2D eigenvalue weighted by molar-refractivity contribution is -0.157. The monoisotopic (exact) mass is 304 g/mol. The Morgan fingerprint density at radius 3 is 2.85 bits per heavy atom. The number of rotatable bonds is 3. The number of nitrogen functional groups attached to an aromatic ring is 1. The van der Waals surface area contributed by atoms with E-state index in [0.29, 0.717) is 0 Å². The van der Waals surface area contributed by atoms with E-state index >= 15 is 0 Å². The van der Waals surface area contributed by atoms with Gasteiger partial charge in [0.05, 0.1) is 26.6 Å². The van der Waals surface area contributed by atoms with Gasteiger partial charge < -0.3 is 19.8 Å². The van der Waals surface area contributed by atoms with Crippen molar-refractivity contribution < 1.29 is 22.7 Å². The molecule has 1 aliphatic heterocycles. The van der Waals surface area contributed by atoms with Crippen LogP contribution in [0.1, 0.15) is 0 Å². The molecule has 2 N–H and O–H groups in total. The first kappa shape index (κ1) is 14.8. The normalized spacial score (nSPS) is 20.8. The number of nitrogens with two attached hydrogens (primary N) is 1. The third kappa shape index (κ3) is 2.49. The van der Waals surface area contributed by atoms with Gasteiger partial charge in [-0.05, 0) is 0 Å². The number of esters is 1. The van der Waals surface area contributed by atoms with Gasteiger partial charge in [0.1, 0.15) is 0 Å². The summed E-state index contributed by atoms with van der Waals surface area (Å²) in [7, 11) is -1.08. The number of aryl methyl sites for hydroxylation is 1. The summed E-state index contributed by atoms with van der Waals surface area (Å²) in [5, 5.41) is -0.0944. The average molecular weight is 304 g/mol. The molecule has 10 heteroatoms. The molecule has 1 aliphatic rings. The Bertz CT molecular complexity index is 592. The Balaban J connectivity index is 2.28. The second-order valence-electron chi connectivity index (χ2n) is 4.29. The van der Waals surface area contributed by atoms with Crippen molar-refractivity contribution in [1.29, 1.82) is 0 Å². The zero-order chi connectivity index (χ0) is 14.9. The standard InChI is InChI=1S/C10H16N4O5S/c1-13-6-12-8(11)9(13)20(16,17)14-3-4-19-7(5-14)10(15)18-2/h6-7H,3-5,11H2,1-2H3. The zero-order valence-corrected chi connectivity index (χ0v) is 12.0. The SMILES string of the molecule is COC(=O)C1CN(S(=O)(=O)c2c(N)ncn2C)CCO1. The lowest BCUT2D eigenvalue weighted by atomic mass is 10.3. The van der Waals surface area contributed by atoms with E-state index in [2.05, 4.69) is 9.72 Å². The van der Waals surface area contributed by atoms with Crippen LogP contribution in [0.15, 0.2) is 11.4 Å². The minimum Gasteiger partial charge on any atom is -0.467 e. The minimum absolute atomic E-state index is 0.0754. The van der Waals surface area contributed by atoms with Crippen molar-refractivity contribution in [2.75, 3.05) is 32.5 Å². The molecule has 0 bridgehead atoms. The van der Waals surface area contributed by atoms with Crippen LogP contribution in [0, 0.1) is 0 Å². The second kappa shape index (κ2) is 5.38. The fourth-order valence-electron chi connectivity index (χ4n) is 1.99. The van der Waals surface area contributed by atoms with Gasteiger partial charge in [-0.3, -0.25) is 0 Å². The third-order valence-corrected chi connectivity index (χ3v) is 4.98. The van der Waals surface area contributed by atoms with Crippen LogP contribution in [0.3, 0.4) is 0 Å². The van der Waals surface area contributed by atoms with E-state index in [1.165, 1.54) is 25.1 Å². The van der Waals surface area contributed by atoms with E-state index < -0.39 is 22.1 Å². The summed E-state index contributed by atoms with van der Waals surface area (Å²) in [5.41, 5.74) is 5.59. The van der Waals surface area contributed by atoms with E-state index in [1.54, 1.807) is 0 Å². The van der Waals surface area contributed by atoms with Crippen LogP contribution in [-0.2, 0) is 31.3 Å². The van der Waals surface area contributed by atoms with Crippen molar-refractivity contribution in [3.05, 3.63) is 6.33 Å². The molecule has 20 heavy (non-hydrogen) atoms. The summed E-state index contributed by atoms with van der Waals surface area (Å²) in [6, 6.07) is 0. The third-order valence-electron chi connectivity index (χ3n) is 2.99. The molecule has 0 spiro atoms. The number of imidazole rings is 1. The number of carbonyl (C=O) groups is 1. The maximum atomic E-state index is 12.5. The largest absolute Gasteiger partial charge is 0.467 e. The van der Waals surface area contributed by atoms with Crippen LogP contribution >= 0.6 is 0 Å². The molecule has 1 atom stereocenters. The number of ether oxygens (including phenoxy) is 2. The molecule has 0 aromatic carbocycles. The highest BCUT2D eigenvalue weighted by molar-refractivity contribution is 7.89. The number of hydrogen-bond acceptors (Lipinski definition) is 7. The van der Waals surface area contributed by atoms with Crippen molar-refractivity contribution in [3.8, 4) is 0 Å². The van der Waals surface area contributed by atoms with Crippen molar-refractivity contribution in [3.63, 3.8) is 0 Å². The maximum absolute atomic E-state index is 12.5. The molecule has 1 saturated heterocycles. The first-order valence-corrected chi connectivity index (χ1v) is 7.28. The van der Waals surface area contributed by atoms with Gasteiger partial charge in [0.15, 0.2) is 16.9 Å². The molecule has 112 valence electrons. The highest BCUT2D eigenvalue weighted by Gasteiger charge is 2.37. The maximum Gasteiger partial charge on any atom is 0.336 e. The predicted octanol–water partition coefficient (Wildman–Crippen LogP) is -1.44. The van der Waals surface area contributed by atoms with Crippen LogP contribution in [0.25, 0.3) is 0 Å². The molecule has 0 aliphatic carbocycles. The summed E-state index contributed by atoms with van der Waals surface area (Å²) in [6.45, 7) is 0.136. The molecule has 0 radical (unpaired) electrons. The lowest BCUT2D eigenvalue weighted by Gasteiger charge is -2.30. The minimum atomic E-state index is -3.83. The quantitative estimate of drug-likeness (QED) is 0.680. The summed E-state index contributed by atoms with van der Waals surface area (Å²) < 4.78 is 37.3. The van der Waals surface area contributed by atoms with Gasteiger partial charge in [0.2, 0.25) is 0 Å². The number of carbonyl (C=O) groups excluding carboxylic acids is 1. The van der Waals surface area contributed by atoms with E-state index in [-0.39, 0.29) is 30.5 Å². The Morgan fingerprint density at radius 1 is 1.60 bits per heavy atom. The van der Waals surface area contributed by atoms with Crippen molar-refractivity contribution in [2.24, 2.45) is 7.05 Å². The Morgan fingerprint density at radius 2 is 2.30 bits per heavy atom. The Labute approximate surface area is 116 Å². The van der Waals surface area contributed by atoms with Gasteiger partial charge in [-0.25, -0.2) is 18.2 Å². The van der Waals surface area contributed by atoms with Crippen molar-refractivity contribution in [1.82, 2.24) is 13.9 Å². The van der Waals surface area contributed by atoms with Gasteiger partial charge in [0, 0.05) is 13.6 Å². The second-order valence-corrected chi connectivity index (χ2v) is 6.14. The lowest BCUT2D eigenvalue weighted by Crippen LogP contribution is -2.49. The highest BCUT2D eigenvalue weighted by Crippen LogP contribution is 2.22. The van der Waals surface area contributed by atoms with Gasteiger partial charge in [-0.15, -0.1) is 0 Å². The molecular formula is C10H16N4O5S. The summed E-state index contributed by atoms with van der Waals surface area (Å²) >= 11 is 0. The first-order valence-electron chi connectivity index (χ1n) is 5.84. The molecule has 2 rings (SSSR count). The molecule has 1 aromatic heterocycles. The highest BCUT2D eigenvalue weighted by atomic mass is 32.2. The van der Waals surface area contributed by atoms with Crippen molar-refractivity contribution >= 4 is 21.8 Å². The molecule has 1 unspecified atom stereocenters. The van der Waals surface area contributed by atoms with Crippen LogP contribution in [0.4, 0.5) is 5.82 Å². The molecule has 1 aromatic rings.